The van der Waals surface area contributed by atoms with Crippen LogP contribution >= 0.6 is 11.6 Å². The molecule has 1 heterocycles. The van der Waals surface area contributed by atoms with Crippen LogP contribution in [0.4, 0.5) is 20.3 Å². The van der Waals surface area contributed by atoms with Crippen molar-refractivity contribution < 1.29 is 8.78 Å². The molecule has 1 aromatic heterocycles. The first-order valence-electron chi connectivity index (χ1n) is 5.15. The van der Waals surface area contributed by atoms with Crippen molar-refractivity contribution in [2.24, 2.45) is 0 Å². The lowest BCUT2D eigenvalue weighted by molar-refractivity contribution is 0.507. The van der Waals surface area contributed by atoms with Gasteiger partial charge in [0, 0.05) is 12.7 Å². The minimum Gasteiger partial charge on any atom is -0.396 e. The molecular formula is C12H10ClF2N3. The molecule has 0 aliphatic carbocycles. The van der Waals surface area contributed by atoms with E-state index >= 15 is 0 Å². The minimum absolute atomic E-state index is 0.288. The lowest BCUT2D eigenvalue weighted by Gasteiger charge is -2.08. The molecule has 0 saturated carbocycles. The van der Waals surface area contributed by atoms with Gasteiger partial charge in [-0.05, 0) is 23.8 Å². The van der Waals surface area contributed by atoms with Gasteiger partial charge in [-0.1, -0.05) is 17.7 Å². The van der Waals surface area contributed by atoms with Crippen molar-refractivity contribution in [3.8, 4) is 0 Å². The topological polar surface area (TPSA) is 50.9 Å². The molecule has 2 rings (SSSR count). The zero-order valence-electron chi connectivity index (χ0n) is 9.25. The summed E-state index contributed by atoms with van der Waals surface area (Å²) >= 11 is 5.71. The number of nitrogen functional groups attached to an aromatic ring is 1. The Labute approximate surface area is 108 Å². The van der Waals surface area contributed by atoms with Crippen LogP contribution in [0.1, 0.15) is 5.56 Å². The molecule has 94 valence electrons. The zero-order valence-corrected chi connectivity index (χ0v) is 10.0. The second-order valence-electron chi connectivity index (χ2n) is 3.69. The summed E-state index contributed by atoms with van der Waals surface area (Å²) in [7, 11) is 0. The molecule has 0 aliphatic heterocycles. The van der Waals surface area contributed by atoms with Crippen LogP contribution in [0.3, 0.4) is 0 Å². The molecule has 0 amide bonds. The number of hydrogen-bond acceptors (Lipinski definition) is 3. The van der Waals surface area contributed by atoms with Gasteiger partial charge in [-0.3, -0.25) is 0 Å². The summed E-state index contributed by atoms with van der Waals surface area (Å²) in [6.45, 7) is 0.288. The summed E-state index contributed by atoms with van der Waals surface area (Å²) < 4.78 is 25.7. The number of hydrogen-bond donors (Lipinski definition) is 2. The third-order valence-corrected chi connectivity index (χ3v) is 2.53. The van der Waals surface area contributed by atoms with Gasteiger partial charge in [0.15, 0.2) is 11.6 Å². The molecule has 0 saturated heterocycles. The highest BCUT2D eigenvalue weighted by atomic mass is 35.5. The molecule has 0 aliphatic rings. The summed E-state index contributed by atoms with van der Waals surface area (Å²) in [6.07, 6.45) is 1.45. The summed E-state index contributed by atoms with van der Waals surface area (Å²) in [5.41, 5.74) is 6.68. The SMILES string of the molecule is Nc1cc(Cl)cnc1NCc1ccc(F)c(F)c1. The third-order valence-electron chi connectivity index (χ3n) is 2.33. The Morgan fingerprint density at radius 3 is 2.67 bits per heavy atom. The fourth-order valence-electron chi connectivity index (χ4n) is 1.44. The van der Waals surface area contributed by atoms with Gasteiger partial charge >= 0.3 is 0 Å². The van der Waals surface area contributed by atoms with Gasteiger partial charge in [0.2, 0.25) is 0 Å². The number of aromatic nitrogens is 1. The van der Waals surface area contributed by atoms with Crippen molar-refractivity contribution >= 4 is 23.1 Å². The van der Waals surface area contributed by atoms with E-state index in [-0.39, 0.29) is 6.54 Å². The number of pyridine rings is 1. The quantitative estimate of drug-likeness (QED) is 0.900. The van der Waals surface area contributed by atoms with Crippen molar-refractivity contribution in [2.75, 3.05) is 11.1 Å². The van der Waals surface area contributed by atoms with Crippen LogP contribution in [-0.2, 0) is 6.54 Å². The maximum Gasteiger partial charge on any atom is 0.159 e. The average Bonchev–Trinajstić information content (AvgIpc) is 2.32. The number of nitrogens with one attached hydrogen (secondary N) is 1. The molecule has 0 unspecified atom stereocenters. The van der Waals surface area contributed by atoms with Crippen molar-refractivity contribution in [1.82, 2.24) is 4.98 Å². The fourth-order valence-corrected chi connectivity index (χ4v) is 1.60. The number of halogens is 3. The molecule has 0 spiro atoms. The first-order chi connectivity index (χ1) is 8.56. The Hall–Kier alpha value is -1.88. The monoisotopic (exact) mass is 269 g/mol. The van der Waals surface area contributed by atoms with Crippen LogP contribution in [0.25, 0.3) is 0 Å². The molecule has 18 heavy (non-hydrogen) atoms. The molecule has 1 aromatic carbocycles. The Balaban J connectivity index is 2.09. The van der Waals surface area contributed by atoms with Gasteiger partial charge in [-0.25, -0.2) is 13.8 Å². The standard InChI is InChI=1S/C12H10ClF2N3/c13-8-4-11(16)12(18-6-8)17-5-7-1-2-9(14)10(15)3-7/h1-4,6H,5,16H2,(H,17,18). The van der Waals surface area contributed by atoms with Gasteiger partial charge in [0.1, 0.15) is 5.82 Å². The van der Waals surface area contributed by atoms with Crippen LogP contribution in [0.2, 0.25) is 5.02 Å². The molecule has 3 N–H and O–H groups in total. The number of benzene rings is 1. The van der Waals surface area contributed by atoms with Crippen LogP contribution in [0, 0.1) is 11.6 Å². The first-order valence-corrected chi connectivity index (χ1v) is 5.53. The Morgan fingerprint density at radius 1 is 1.22 bits per heavy atom. The predicted octanol–water partition coefficient (Wildman–Crippen LogP) is 3.21. The summed E-state index contributed by atoms with van der Waals surface area (Å²) in [5.74, 6) is -1.31. The Kier molecular flexibility index (Phi) is 3.62. The predicted molar refractivity (Wildman–Crippen MR) is 67.3 cm³/mol. The second-order valence-corrected chi connectivity index (χ2v) is 4.13. The number of nitrogens with zero attached hydrogens (tertiary/aromatic N) is 1. The summed E-state index contributed by atoms with van der Waals surface area (Å²) in [4.78, 5) is 4.00. The summed E-state index contributed by atoms with van der Waals surface area (Å²) in [6, 6.07) is 5.24. The number of rotatable bonds is 3. The second kappa shape index (κ2) is 5.18. The van der Waals surface area contributed by atoms with Gasteiger partial charge in [-0.15, -0.1) is 0 Å². The first kappa shape index (κ1) is 12.6. The lowest BCUT2D eigenvalue weighted by Crippen LogP contribution is -2.05. The Bertz CT molecular complexity index is 575. The van der Waals surface area contributed by atoms with Gasteiger partial charge < -0.3 is 11.1 Å². The van der Waals surface area contributed by atoms with Gasteiger partial charge in [0.05, 0.1) is 10.7 Å². The van der Waals surface area contributed by atoms with E-state index in [0.717, 1.165) is 12.1 Å². The van der Waals surface area contributed by atoms with Crippen LogP contribution in [0.15, 0.2) is 30.5 Å². The molecule has 0 atom stereocenters. The van der Waals surface area contributed by atoms with Crippen molar-refractivity contribution in [3.63, 3.8) is 0 Å². The van der Waals surface area contributed by atoms with E-state index in [2.05, 4.69) is 10.3 Å². The molecule has 0 bridgehead atoms. The number of nitrogens with two attached hydrogens (primary N) is 1. The highest BCUT2D eigenvalue weighted by Gasteiger charge is 2.04. The molecular weight excluding hydrogens is 260 g/mol. The third kappa shape index (κ3) is 2.87. The van der Waals surface area contributed by atoms with E-state index in [1.54, 1.807) is 6.07 Å². The summed E-state index contributed by atoms with van der Waals surface area (Å²) in [5, 5.41) is 3.36. The van der Waals surface area contributed by atoms with Gasteiger partial charge in [-0.2, -0.15) is 0 Å². The highest BCUT2D eigenvalue weighted by Crippen LogP contribution is 2.20. The van der Waals surface area contributed by atoms with Crippen molar-refractivity contribution in [3.05, 3.63) is 52.7 Å². The Morgan fingerprint density at radius 2 is 2.00 bits per heavy atom. The van der Waals surface area contributed by atoms with E-state index in [9.17, 15) is 8.78 Å². The van der Waals surface area contributed by atoms with E-state index in [4.69, 9.17) is 17.3 Å². The minimum atomic E-state index is -0.883. The van der Waals surface area contributed by atoms with Gasteiger partial charge in [0.25, 0.3) is 0 Å². The normalized spacial score (nSPS) is 10.4. The smallest absolute Gasteiger partial charge is 0.159 e. The lowest BCUT2D eigenvalue weighted by atomic mass is 10.2. The molecule has 3 nitrogen and oxygen atoms in total. The molecule has 2 aromatic rings. The van der Waals surface area contributed by atoms with Crippen molar-refractivity contribution in [2.45, 2.75) is 6.54 Å². The van der Waals surface area contributed by atoms with E-state index in [0.29, 0.717) is 22.1 Å². The molecule has 0 fully saturated rings. The molecule has 6 heteroatoms. The van der Waals surface area contributed by atoms with Crippen LogP contribution in [-0.4, -0.2) is 4.98 Å². The zero-order chi connectivity index (χ0) is 13.1. The maximum atomic E-state index is 13.0. The van der Waals surface area contributed by atoms with Crippen LogP contribution in [0.5, 0.6) is 0 Å². The highest BCUT2D eigenvalue weighted by molar-refractivity contribution is 6.30. The van der Waals surface area contributed by atoms with E-state index in [1.807, 2.05) is 0 Å². The fraction of sp³-hybridized carbons (Fsp3) is 0.0833. The molecule has 0 radical (unpaired) electrons. The largest absolute Gasteiger partial charge is 0.396 e. The van der Waals surface area contributed by atoms with Crippen LogP contribution < -0.4 is 11.1 Å². The maximum absolute atomic E-state index is 13.0. The number of anilines is 2. The average molecular weight is 270 g/mol. The van der Waals surface area contributed by atoms with Crippen molar-refractivity contribution in [1.29, 1.82) is 0 Å². The van der Waals surface area contributed by atoms with E-state index < -0.39 is 11.6 Å². The van der Waals surface area contributed by atoms with E-state index in [1.165, 1.54) is 12.3 Å².